The summed E-state index contributed by atoms with van der Waals surface area (Å²) in [4.78, 5) is 8.30. The summed E-state index contributed by atoms with van der Waals surface area (Å²) >= 11 is 0. The predicted octanol–water partition coefficient (Wildman–Crippen LogP) is 3.92. The lowest BCUT2D eigenvalue weighted by Crippen LogP contribution is -2.05. The van der Waals surface area contributed by atoms with Gasteiger partial charge in [0.25, 0.3) is 0 Å². The fourth-order valence-corrected chi connectivity index (χ4v) is 3.07. The number of nitrogens with one attached hydrogen (secondary N) is 1. The minimum Gasteiger partial charge on any atom is -0.383 e. The molecule has 4 rings (SSSR count). The molecule has 3 N–H and O–H groups in total. The summed E-state index contributed by atoms with van der Waals surface area (Å²) in [6, 6.07) is 12.4. The van der Waals surface area contributed by atoms with E-state index in [4.69, 9.17) is 5.73 Å². The van der Waals surface area contributed by atoms with Crippen molar-refractivity contribution in [2.24, 2.45) is 10.2 Å². The van der Waals surface area contributed by atoms with E-state index in [-0.39, 0.29) is 5.82 Å². The molecule has 0 radical (unpaired) electrons. The normalized spacial score (nSPS) is 11.4. The Hall–Kier alpha value is -3.88. The number of benzene rings is 2. The SMILES string of the molecule is CN=NCc1c(N)ncnc1Nc1ccc2c(cnn2Cc2cccc(F)c2)c1. The number of rotatable bonds is 6. The standard InChI is InChI=1S/C20H19FN8/c1-23-26-10-17-19(22)24-12-25-20(17)28-16-5-6-18-14(8-16)9-27-29(18)11-13-3-2-4-15(21)7-13/h2-9,12H,10-11H2,1H3,(H3,22,24,25,28). The number of hydrogen-bond acceptors (Lipinski definition) is 7. The van der Waals surface area contributed by atoms with Crippen molar-refractivity contribution in [1.29, 1.82) is 0 Å². The molecule has 0 unspecified atom stereocenters. The second-order valence-electron chi connectivity index (χ2n) is 6.42. The first-order valence-corrected chi connectivity index (χ1v) is 8.96. The van der Waals surface area contributed by atoms with Crippen molar-refractivity contribution >= 4 is 28.2 Å². The van der Waals surface area contributed by atoms with Crippen LogP contribution in [0.25, 0.3) is 10.9 Å². The van der Waals surface area contributed by atoms with E-state index in [1.165, 1.54) is 18.5 Å². The summed E-state index contributed by atoms with van der Waals surface area (Å²) in [5.41, 5.74) is 9.27. The van der Waals surface area contributed by atoms with Crippen molar-refractivity contribution < 1.29 is 4.39 Å². The number of azo groups is 1. The van der Waals surface area contributed by atoms with Crippen molar-refractivity contribution in [2.75, 3.05) is 18.1 Å². The number of nitrogens with zero attached hydrogens (tertiary/aromatic N) is 6. The maximum Gasteiger partial charge on any atom is 0.141 e. The average Bonchev–Trinajstić information content (AvgIpc) is 3.10. The molecule has 0 fully saturated rings. The molecule has 0 aliphatic heterocycles. The zero-order chi connectivity index (χ0) is 20.2. The van der Waals surface area contributed by atoms with Crippen molar-refractivity contribution in [3.63, 3.8) is 0 Å². The predicted molar refractivity (Wildman–Crippen MR) is 109 cm³/mol. The molecule has 0 spiro atoms. The Morgan fingerprint density at radius 3 is 2.90 bits per heavy atom. The average molecular weight is 390 g/mol. The highest BCUT2D eigenvalue weighted by Gasteiger charge is 2.11. The summed E-state index contributed by atoms with van der Waals surface area (Å²) < 4.78 is 15.3. The fourth-order valence-electron chi connectivity index (χ4n) is 3.07. The van der Waals surface area contributed by atoms with Crippen LogP contribution < -0.4 is 11.1 Å². The van der Waals surface area contributed by atoms with Gasteiger partial charge in [-0.2, -0.15) is 15.3 Å². The molecule has 2 aromatic carbocycles. The molecular weight excluding hydrogens is 371 g/mol. The van der Waals surface area contributed by atoms with Crippen LogP contribution in [0.2, 0.25) is 0 Å². The Morgan fingerprint density at radius 2 is 2.07 bits per heavy atom. The monoisotopic (exact) mass is 390 g/mol. The Balaban J connectivity index is 1.60. The second-order valence-corrected chi connectivity index (χ2v) is 6.42. The second kappa shape index (κ2) is 8.01. The molecule has 0 aliphatic rings. The summed E-state index contributed by atoms with van der Waals surface area (Å²) in [5.74, 6) is 0.684. The third-order valence-electron chi connectivity index (χ3n) is 4.47. The molecule has 2 heterocycles. The van der Waals surface area contributed by atoms with Gasteiger partial charge in [-0.25, -0.2) is 14.4 Å². The van der Waals surface area contributed by atoms with Gasteiger partial charge in [-0.1, -0.05) is 12.1 Å². The third-order valence-corrected chi connectivity index (χ3v) is 4.47. The molecule has 0 aliphatic carbocycles. The van der Waals surface area contributed by atoms with Crippen LogP contribution in [0.3, 0.4) is 0 Å². The molecular formula is C20H19FN8. The summed E-state index contributed by atoms with van der Waals surface area (Å²) in [6.45, 7) is 0.780. The molecule has 146 valence electrons. The van der Waals surface area contributed by atoms with E-state index in [1.54, 1.807) is 19.3 Å². The zero-order valence-electron chi connectivity index (χ0n) is 15.7. The first-order chi connectivity index (χ1) is 14.1. The maximum atomic E-state index is 13.4. The first-order valence-electron chi connectivity index (χ1n) is 8.96. The molecule has 0 saturated carbocycles. The Labute approximate surface area is 166 Å². The van der Waals surface area contributed by atoms with Gasteiger partial charge in [0.1, 0.15) is 23.8 Å². The van der Waals surface area contributed by atoms with Gasteiger partial charge < -0.3 is 11.1 Å². The van der Waals surface area contributed by atoms with Gasteiger partial charge in [-0.05, 0) is 35.9 Å². The molecule has 9 heteroatoms. The highest BCUT2D eigenvalue weighted by atomic mass is 19.1. The van der Waals surface area contributed by atoms with Crippen molar-refractivity contribution in [1.82, 2.24) is 19.7 Å². The molecule has 0 amide bonds. The lowest BCUT2D eigenvalue weighted by molar-refractivity contribution is 0.621. The largest absolute Gasteiger partial charge is 0.383 e. The molecule has 0 saturated heterocycles. The fraction of sp³-hybridized carbons (Fsp3) is 0.150. The molecule has 29 heavy (non-hydrogen) atoms. The molecule has 2 aromatic heterocycles. The van der Waals surface area contributed by atoms with Crippen molar-refractivity contribution in [2.45, 2.75) is 13.1 Å². The first kappa shape index (κ1) is 18.5. The number of nitrogens with two attached hydrogens (primary N) is 1. The minimum atomic E-state index is -0.256. The van der Waals surface area contributed by atoms with E-state index >= 15 is 0 Å². The number of halogens is 1. The quantitative estimate of drug-likeness (QED) is 0.485. The number of nitrogen functional groups attached to an aromatic ring is 1. The highest BCUT2D eigenvalue weighted by molar-refractivity contribution is 5.83. The molecule has 0 bridgehead atoms. The van der Waals surface area contributed by atoms with Crippen molar-refractivity contribution in [3.8, 4) is 0 Å². The van der Waals surface area contributed by atoms with Crippen LogP contribution in [-0.2, 0) is 13.1 Å². The van der Waals surface area contributed by atoms with E-state index in [0.717, 1.165) is 22.2 Å². The van der Waals surface area contributed by atoms with Crippen LogP contribution >= 0.6 is 0 Å². The summed E-state index contributed by atoms with van der Waals surface area (Å²) in [5, 5.41) is 16.4. The Morgan fingerprint density at radius 1 is 1.17 bits per heavy atom. The van der Waals surface area contributed by atoms with E-state index in [9.17, 15) is 4.39 Å². The van der Waals surface area contributed by atoms with Gasteiger partial charge in [0.05, 0.1) is 30.4 Å². The zero-order valence-corrected chi connectivity index (χ0v) is 15.7. The lowest BCUT2D eigenvalue weighted by Gasteiger charge is -2.11. The highest BCUT2D eigenvalue weighted by Crippen LogP contribution is 2.26. The van der Waals surface area contributed by atoms with Crippen LogP contribution in [0.5, 0.6) is 0 Å². The maximum absolute atomic E-state index is 13.4. The van der Waals surface area contributed by atoms with E-state index in [1.807, 2.05) is 28.9 Å². The lowest BCUT2D eigenvalue weighted by atomic mass is 10.2. The van der Waals surface area contributed by atoms with Gasteiger partial charge in [0, 0.05) is 18.1 Å². The molecule has 0 atom stereocenters. The van der Waals surface area contributed by atoms with Crippen LogP contribution in [-0.4, -0.2) is 26.8 Å². The number of hydrogen-bond donors (Lipinski definition) is 2. The van der Waals surface area contributed by atoms with E-state index < -0.39 is 0 Å². The van der Waals surface area contributed by atoms with Crippen LogP contribution in [0.1, 0.15) is 11.1 Å². The van der Waals surface area contributed by atoms with Crippen LogP contribution in [0, 0.1) is 5.82 Å². The van der Waals surface area contributed by atoms with Crippen LogP contribution in [0.15, 0.2) is 65.2 Å². The van der Waals surface area contributed by atoms with Gasteiger partial charge in [-0.3, -0.25) is 4.68 Å². The van der Waals surface area contributed by atoms with Gasteiger partial charge in [0.2, 0.25) is 0 Å². The number of aromatic nitrogens is 4. The van der Waals surface area contributed by atoms with Gasteiger partial charge >= 0.3 is 0 Å². The molecule has 8 nitrogen and oxygen atoms in total. The number of fused-ring (bicyclic) bond motifs is 1. The van der Waals surface area contributed by atoms with Gasteiger partial charge in [-0.15, -0.1) is 0 Å². The third kappa shape index (κ3) is 4.03. The van der Waals surface area contributed by atoms with Crippen LogP contribution in [0.4, 0.5) is 21.7 Å². The number of anilines is 3. The summed E-state index contributed by atoms with van der Waals surface area (Å²) in [6.07, 6.45) is 3.18. The minimum absolute atomic E-state index is 0.256. The van der Waals surface area contributed by atoms with Gasteiger partial charge in [0.15, 0.2) is 0 Å². The Kier molecular flexibility index (Phi) is 5.10. The topological polar surface area (TPSA) is 106 Å². The van der Waals surface area contributed by atoms with E-state index in [2.05, 4.69) is 30.6 Å². The summed E-state index contributed by atoms with van der Waals surface area (Å²) in [7, 11) is 1.60. The Bertz CT molecular complexity index is 1180. The smallest absolute Gasteiger partial charge is 0.141 e. The van der Waals surface area contributed by atoms with E-state index in [0.29, 0.717) is 30.3 Å². The molecule has 4 aromatic rings. The van der Waals surface area contributed by atoms with Crippen molar-refractivity contribution in [3.05, 3.63) is 71.9 Å².